The van der Waals surface area contributed by atoms with E-state index in [0.717, 1.165) is 10.5 Å². The number of carbonyl (C=O) groups is 3. The first-order chi connectivity index (χ1) is 14.9. The number of benzene rings is 2. The number of urea groups is 1. The molecular weight excluding hydrogens is 414 g/mol. The van der Waals surface area contributed by atoms with Gasteiger partial charge in [-0.25, -0.2) is 4.79 Å². The minimum absolute atomic E-state index is 0.0256. The standard InChI is InChI=1S/C22H21N5O3S/c1-13(2)14-7-9-15(10-8-14)20-25-26-21(31-20)24-19(29)17-6-4-3-5-16(17)12-27-18(28)11-23-22(27)30/h3-10,13H,11-12H2,1-2H3,(H,23,30)(H,24,26,29). The number of nitrogens with zero attached hydrogens (tertiary/aromatic N) is 3. The number of rotatable bonds is 6. The van der Waals surface area contributed by atoms with Gasteiger partial charge in [-0.2, -0.15) is 0 Å². The van der Waals surface area contributed by atoms with Crippen molar-refractivity contribution in [1.29, 1.82) is 0 Å². The van der Waals surface area contributed by atoms with Crippen LogP contribution in [0.2, 0.25) is 0 Å². The lowest BCUT2D eigenvalue weighted by molar-refractivity contribution is -0.125. The second kappa shape index (κ2) is 8.65. The Kier molecular flexibility index (Phi) is 5.77. The van der Waals surface area contributed by atoms with Gasteiger partial charge in [-0.05, 0) is 23.1 Å². The zero-order valence-electron chi connectivity index (χ0n) is 17.1. The average molecular weight is 436 g/mol. The molecule has 2 aromatic carbocycles. The molecule has 1 saturated heterocycles. The second-order valence-electron chi connectivity index (χ2n) is 7.44. The van der Waals surface area contributed by atoms with Crippen LogP contribution in [-0.2, 0) is 11.3 Å². The lowest BCUT2D eigenvalue weighted by Crippen LogP contribution is -2.31. The molecule has 1 aliphatic heterocycles. The van der Waals surface area contributed by atoms with E-state index in [9.17, 15) is 14.4 Å². The summed E-state index contributed by atoms with van der Waals surface area (Å²) in [6.45, 7) is 4.27. The van der Waals surface area contributed by atoms with E-state index >= 15 is 0 Å². The van der Waals surface area contributed by atoms with Crippen LogP contribution in [0, 0.1) is 0 Å². The molecule has 1 aliphatic rings. The number of hydrogen-bond acceptors (Lipinski definition) is 6. The van der Waals surface area contributed by atoms with Gasteiger partial charge >= 0.3 is 6.03 Å². The third-order valence-electron chi connectivity index (χ3n) is 5.00. The Labute approximate surface area is 183 Å². The van der Waals surface area contributed by atoms with Gasteiger partial charge in [0, 0.05) is 11.1 Å². The van der Waals surface area contributed by atoms with Crippen molar-refractivity contribution in [2.24, 2.45) is 0 Å². The maximum atomic E-state index is 12.9. The van der Waals surface area contributed by atoms with Crippen molar-refractivity contribution < 1.29 is 14.4 Å². The number of carbonyl (C=O) groups excluding carboxylic acids is 3. The first kappa shape index (κ1) is 20.7. The number of hydrogen-bond donors (Lipinski definition) is 2. The number of anilines is 1. The van der Waals surface area contributed by atoms with E-state index in [-0.39, 0.29) is 24.9 Å². The van der Waals surface area contributed by atoms with Gasteiger partial charge in [0.2, 0.25) is 11.0 Å². The van der Waals surface area contributed by atoms with Crippen molar-refractivity contribution in [2.75, 3.05) is 11.9 Å². The highest BCUT2D eigenvalue weighted by molar-refractivity contribution is 7.18. The van der Waals surface area contributed by atoms with Crippen molar-refractivity contribution in [3.63, 3.8) is 0 Å². The molecule has 2 heterocycles. The minimum atomic E-state index is -0.461. The summed E-state index contributed by atoms with van der Waals surface area (Å²) >= 11 is 1.28. The van der Waals surface area contributed by atoms with Gasteiger partial charge in [-0.1, -0.05) is 67.6 Å². The number of aromatic nitrogens is 2. The Hall–Kier alpha value is -3.59. The molecule has 9 heteroatoms. The van der Waals surface area contributed by atoms with E-state index in [0.29, 0.717) is 27.2 Å². The molecule has 0 saturated carbocycles. The van der Waals surface area contributed by atoms with Crippen molar-refractivity contribution in [3.05, 3.63) is 65.2 Å². The molecule has 0 aliphatic carbocycles. The molecule has 4 rings (SSSR count). The Morgan fingerprint density at radius 3 is 2.55 bits per heavy atom. The lowest BCUT2D eigenvalue weighted by atomic mass is 10.0. The van der Waals surface area contributed by atoms with Crippen molar-refractivity contribution >= 4 is 34.3 Å². The Morgan fingerprint density at radius 1 is 1.13 bits per heavy atom. The summed E-state index contributed by atoms with van der Waals surface area (Å²) < 4.78 is 0. The molecular formula is C22H21N5O3S. The third kappa shape index (κ3) is 4.46. The zero-order chi connectivity index (χ0) is 22.0. The summed E-state index contributed by atoms with van der Waals surface area (Å²) in [6, 6.07) is 14.5. The van der Waals surface area contributed by atoms with Crippen LogP contribution in [0.1, 0.15) is 41.3 Å². The third-order valence-corrected chi connectivity index (χ3v) is 5.89. The van der Waals surface area contributed by atoms with Crippen LogP contribution < -0.4 is 10.6 Å². The fraction of sp³-hybridized carbons (Fsp3) is 0.227. The van der Waals surface area contributed by atoms with Gasteiger partial charge in [0.05, 0.1) is 13.1 Å². The summed E-state index contributed by atoms with van der Waals surface area (Å²) in [7, 11) is 0. The Balaban J connectivity index is 1.49. The Morgan fingerprint density at radius 2 is 1.87 bits per heavy atom. The highest BCUT2D eigenvalue weighted by atomic mass is 32.1. The first-order valence-corrected chi connectivity index (χ1v) is 10.7. The van der Waals surface area contributed by atoms with E-state index in [1.807, 2.05) is 12.1 Å². The molecule has 1 fully saturated rings. The fourth-order valence-electron chi connectivity index (χ4n) is 3.23. The zero-order valence-corrected chi connectivity index (χ0v) is 17.9. The van der Waals surface area contributed by atoms with Gasteiger partial charge in [0.15, 0.2) is 0 Å². The van der Waals surface area contributed by atoms with Gasteiger partial charge < -0.3 is 5.32 Å². The topological polar surface area (TPSA) is 104 Å². The van der Waals surface area contributed by atoms with E-state index < -0.39 is 6.03 Å². The lowest BCUT2D eigenvalue weighted by Gasteiger charge is -2.15. The smallest absolute Gasteiger partial charge is 0.324 e. The summed E-state index contributed by atoms with van der Waals surface area (Å²) in [5.74, 6) is -0.252. The molecule has 0 unspecified atom stereocenters. The molecule has 1 aromatic heterocycles. The number of amides is 4. The summed E-state index contributed by atoms with van der Waals surface area (Å²) in [4.78, 5) is 37.7. The van der Waals surface area contributed by atoms with Crippen LogP contribution in [0.3, 0.4) is 0 Å². The van der Waals surface area contributed by atoms with E-state index in [2.05, 4.69) is 46.8 Å². The van der Waals surface area contributed by atoms with Crippen molar-refractivity contribution in [1.82, 2.24) is 20.4 Å². The fourth-order valence-corrected chi connectivity index (χ4v) is 3.97. The van der Waals surface area contributed by atoms with Gasteiger partial charge in [0.25, 0.3) is 5.91 Å². The molecule has 0 radical (unpaired) electrons. The molecule has 8 nitrogen and oxygen atoms in total. The molecule has 31 heavy (non-hydrogen) atoms. The molecule has 2 N–H and O–H groups in total. The maximum Gasteiger partial charge on any atom is 0.324 e. The second-order valence-corrected chi connectivity index (χ2v) is 8.42. The molecule has 0 spiro atoms. The van der Waals surface area contributed by atoms with Crippen molar-refractivity contribution in [3.8, 4) is 10.6 Å². The van der Waals surface area contributed by atoms with Crippen molar-refractivity contribution in [2.45, 2.75) is 26.3 Å². The SMILES string of the molecule is CC(C)c1ccc(-c2nnc(NC(=O)c3ccccc3CN3C(=O)CNC3=O)s2)cc1. The van der Waals surface area contributed by atoms with Crippen LogP contribution in [0.15, 0.2) is 48.5 Å². The van der Waals surface area contributed by atoms with E-state index in [1.54, 1.807) is 24.3 Å². The predicted octanol–water partition coefficient (Wildman–Crippen LogP) is 3.63. The monoisotopic (exact) mass is 435 g/mol. The minimum Gasteiger partial charge on any atom is -0.329 e. The summed E-state index contributed by atoms with van der Waals surface area (Å²) in [6.07, 6.45) is 0. The molecule has 0 bridgehead atoms. The molecule has 158 valence electrons. The number of nitrogens with one attached hydrogen (secondary N) is 2. The summed E-state index contributed by atoms with van der Waals surface area (Å²) in [5, 5.41) is 14.6. The van der Waals surface area contributed by atoms with E-state index in [1.165, 1.54) is 16.9 Å². The molecule has 3 aromatic rings. The maximum absolute atomic E-state index is 12.9. The quantitative estimate of drug-likeness (QED) is 0.576. The number of imide groups is 1. The van der Waals surface area contributed by atoms with E-state index in [4.69, 9.17) is 0 Å². The van der Waals surface area contributed by atoms with Crippen LogP contribution in [-0.4, -0.2) is 39.5 Å². The van der Waals surface area contributed by atoms with Crippen LogP contribution in [0.25, 0.3) is 10.6 Å². The highest BCUT2D eigenvalue weighted by Crippen LogP contribution is 2.28. The molecule has 4 amide bonds. The Bertz CT molecular complexity index is 1120. The van der Waals surface area contributed by atoms with Crippen LogP contribution in [0.5, 0.6) is 0 Å². The largest absolute Gasteiger partial charge is 0.329 e. The molecule has 0 atom stereocenters. The van der Waals surface area contributed by atoms with Crippen LogP contribution >= 0.6 is 11.3 Å². The highest BCUT2D eigenvalue weighted by Gasteiger charge is 2.29. The predicted molar refractivity (Wildman–Crippen MR) is 118 cm³/mol. The summed E-state index contributed by atoms with van der Waals surface area (Å²) in [5.41, 5.74) is 3.11. The average Bonchev–Trinajstić information content (AvgIpc) is 3.36. The van der Waals surface area contributed by atoms with Crippen LogP contribution in [0.4, 0.5) is 9.93 Å². The van der Waals surface area contributed by atoms with Gasteiger partial charge in [-0.3, -0.25) is 19.8 Å². The van der Waals surface area contributed by atoms with Gasteiger partial charge in [0.1, 0.15) is 5.01 Å². The normalized spacial score (nSPS) is 13.6. The van der Waals surface area contributed by atoms with Gasteiger partial charge in [-0.15, -0.1) is 10.2 Å². The first-order valence-electron chi connectivity index (χ1n) is 9.83.